The lowest BCUT2D eigenvalue weighted by Crippen LogP contribution is -2.35. The van der Waals surface area contributed by atoms with Crippen molar-refractivity contribution in [3.63, 3.8) is 0 Å². The van der Waals surface area contributed by atoms with E-state index >= 15 is 0 Å². The van der Waals surface area contributed by atoms with Crippen molar-refractivity contribution in [2.24, 2.45) is 9.98 Å². The fourth-order valence-electron chi connectivity index (χ4n) is 3.29. The number of hydrogen-bond donors (Lipinski definition) is 0. The Kier molecular flexibility index (Phi) is 9.79. The van der Waals surface area contributed by atoms with Gasteiger partial charge in [0.05, 0.1) is 18.1 Å². The molecular formula is C18H32N4. The summed E-state index contributed by atoms with van der Waals surface area (Å²) in [7, 11) is 0. The maximum atomic E-state index is 9.26. The molecule has 1 aliphatic rings. The van der Waals surface area contributed by atoms with Gasteiger partial charge in [-0.05, 0) is 45.2 Å². The van der Waals surface area contributed by atoms with E-state index in [1.165, 1.54) is 19.3 Å². The molecule has 1 fully saturated rings. The van der Waals surface area contributed by atoms with Crippen molar-refractivity contribution in [1.82, 2.24) is 4.90 Å². The number of rotatable bonds is 9. The number of hydrogen-bond acceptors (Lipinski definition) is 4. The molecule has 0 spiro atoms. The van der Waals surface area contributed by atoms with Gasteiger partial charge >= 0.3 is 0 Å². The third-order valence-corrected chi connectivity index (χ3v) is 4.75. The smallest absolute Gasteiger partial charge is 0.147 e. The van der Waals surface area contributed by atoms with E-state index in [4.69, 9.17) is 0 Å². The zero-order chi connectivity index (χ0) is 16.2. The van der Waals surface area contributed by atoms with Crippen LogP contribution in [0.1, 0.15) is 72.1 Å². The summed E-state index contributed by atoms with van der Waals surface area (Å²) >= 11 is 0. The summed E-state index contributed by atoms with van der Waals surface area (Å²) in [4.78, 5) is 11.1. The van der Waals surface area contributed by atoms with Gasteiger partial charge < -0.3 is 4.90 Å². The fourth-order valence-corrected chi connectivity index (χ4v) is 3.29. The highest BCUT2D eigenvalue weighted by atomic mass is 15.1. The Labute approximate surface area is 136 Å². The van der Waals surface area contributed by atoms with E-state index < -0.39 is 0 Å². The molecule has 1 aliphatic carbocycles. The van der Waals surface area contributed by atoms with Crippen molar-refractivity contribution >= 4 is 6.01 Å². The van der Waals surface area contributed by atoms with Gasteiger partial charge in [0.1, 0.15) is 6.04 Å². The van der Waals surface area contributed by atoms with Gasteiger partial charge in [0.25, 0.3) is 0 Å². The average Bonchev–Trinajstić information content (AvgIpc) is 2.57. The maximum absolute atomic E-state index is 9.26. The van der Waals surface area contributed by atoms with Crippen LogP contribution < -0.4 is 0 Å². The van der Waals surface area contributed by atoms with Gasteiger partial charge in [-0.1, -0.05) is 40.0 Å². The van der Waals surface area contributed by atoms with Crippen LogP contribution in [0.3, 0.4) is 0 Å². The van der Waals surface area contributed by atoms with E-state index in [1.807, 2.05) is 0 Å². The van der Waals surface area contributed by atoms with Crippen molar-refractivity contribution in [3.05, 3.63) is 0 Å². The minimum atomic E-state index is -0.294. The van der Waals surface area contributed by atoms with Crippen LogP contribution in [0.2, 0.25) is 0 Å². The molecule has 1 rings (SSSR count). The minimum Gasteiger partial charge on any atom is -0.301 e. The van der Waals surface area contributed by atoms with Gasteiger partial charge in [-0.15, -0.1) is 0 Å². The summed E-state index contributed by atoms with van der Waals surface area (Å²) in [5.41, 5.74) is 0. The molecule has 22 heavy (non-hydrogen) atoms. The number of nitriles is 1. The van der Waals surface area contributed by atoms with Crippen LogP contribution in [0, 0.1) is 11.3 Å². The molecule has 0 aromatic heterocycles. The molecule has 2 unspecified atom stereocenters. The van der Waals surface area contributed by atoms with Crippen LogP contribution in [0.5, 0.6) is 0 Å². The Balaban J connectivity index is 2.46. The van der Waals surface area contributed by atoms with Crippen molar-refractivity contribution in [2.45, 2.75) is 90.3 Å². The molecule has 0 aromatic carbocycles. The molecule has 0 amide bonds. The van der Waals surface area contributed by atoms with Crippen molar-refractivity contribution in [3.8, 4) is 6.07 Å². The predicted octanol–water partition coefficient (Wildman–Crippen LogP) is 4.29. The average molecular weight is 304 g/mol. The molecule has 0 aromatic rings. The second-order valence-corrected chi connectivity index (χ2v) is 6.16. The Bertz CT molecular complexity index is 382. The van der Waals surface area contributed by atoms with Crippen LogP contribution >= 0.6 is 0 Å². The summed E-state index contributed by atoms with van der Waals surface area (Å²) in [6, 6.07) is 5.75. The largest absolute Gasteiger partial charge is 0.301 e. The highest BCUT2D eigenvalue weighted by molar-refractivity contribution is 5.42. The van der Waals surface area contributed by atoms with E-state index in [0.717, 1.165) is 45.2 Å². The number of nitrogens with zero attached hydrogens (tertiary/aromatic N) is 4. The first-order chi connectivity index (χ1) is 10.7. The molecule has 124 valence electrons. The topological polar surface area (TPSA) is 51.8 Å². The molecule has 0 bridgehead atoms. The predicted molar refractivity (Wildman–Crippen MR) is 92.4 cm³/mol. The van der Waals surface area contributed by atoms with Crippen LogP contribution in [-0.4, -0.2) is 42.1 Å². The summed E-state index contributed by atoms with van der Waals surface area (Å²) in [6.07, 6.45) is 9.11. The first-order valence-electron chi connectivity index (χ1n) is 9.03. The van der Waals surface area contributed by atoms with E-state index in [1.54, 1.807) is 0 Å². The number of aliphatic imine (C=N–C) groups is 2. The van der Waals surface area contributed by atoms with Crippen molar-refractivity contribution in [1.29, 1.82) is 5.26 Å². The molecule has 1 saturated carbocycles. The van der Waals surface area contributed by atoms with E-state index in [0.29, 0.717) is 12.1 Å². The lowest BCUT2D eigenvalue weighted by molar-refractivity contribution is 0.197. The first kappa shape index (κ1) is 18.9. The Morgan fingerprint density at radius 1 is 1.09 bits per heavy atom. The van der Waals surface area contributed by atoms with Crippen LogP contribution in [0.4, 0.5) is 0 Å². The van der Waals surface area contributed by atoms with Crippen molar-refractivity contribution < 1.29 is 0 Å². The molecule has 0 saturated heterocycles. The van der Waals surface area contributed by atoms with Gasteiger partial charge in [-0.3, -0.25) is 0 Å². The minimum absolute atomic E-state index is 0.294. The molecule has 0 N–H and O–H groups in total. The van der Waals surface area contributed by atoms with Crippen LogP contribution in [0.15, 0.2) is 9.98 Å². The Morgan fingerprint density at radius 3 is 2.32 bits per heavy atom. The molecule has 4 nitrogen and oxygen atoms in total. The lowest BCUT2D eigenvalue weighted by atomic mass is 9.96. The molecule has 0 aliphatic heterocycles. The van der Waals surface area contributed by atoms with Crippen molar-refractivity contribution in [2.75, 3.05) is 13.1 Å². The van der Waals surface area contributed by atoms with Gasteiger partial charge in [0, 0.05) is 6.04 Å². The maximum Gasteiger partial charge on any atom is 0.147 e. The lowest BCUT2D eigenvalue weighted by Gasteiger charge is -2.28. The molecule has 0 heterocycles. The zero-order valence-electron chi connectivity index (χ0n) is 14.6. The highest BCUT2D eigenvalue weighted by Gasteiger charge is 2.16. The van der Waals surface area contributed by atoms with E-state index in [-0.39, 0.29) is 6.04 Å². The summed E-state index contributed by atoms with van der Waals surface area (Å²) in [5, 5.41) is 9.26. The monoisotopic (exact) mass is 304 g/mol. The molecule has 0 radical (unpaired) electrons. The van der Waals surface area contributed by atoms with Gasteiger partial charge in [0.2, 0.25) is 0 Å². The fraction of sp³-hybridized carbons (Fsp3) is 0.889. The Morgan fingerprint density at radius 2 is 1.77 bits per heavy atom. The van der Waals surface area contributed by atoms with Crippen LogP contribution in [0.25, 0.3) is 0 Å². The second kappa shape index (κ2) is 11.4. The third kappa shape index (κ3) is 6.73. The van der Waals surface area contributed by atoms with Gasteiger partial charge in [-0.25, -0.2) is 9.98 Å². The SMILES string of the molecule is CCC(CCC(C#N)N=C=NC1CCCCC1)N(CC)CC. The Hall–Kier alpha value is -1.17. The molecule has 4 heteroatoms. The van der Waals surface area contributed by atoms with E-state index in [9.17, 15) is 5.26 Å². The quantitative estimate of drug-likeness (QED) is 0.597. The van der Waals surface area contributed by atoms with Gasteiger partial charge in [-0.2, -0.15) is 5.26 Å². The second-order valence-electron chi connectivity index (χ2n) is 6.16. The third-order valence-electron chi connectivity index (χ3n) is 4.75. The first-order valence-corrected chi connectivity index (χ1v) is 9.03. The van der Waals surface area contributed by atoms with E-state index in [2.05, 4.69) is 47.7 Å². The normalized spacial score (nSPS) is 18.3. The highest BCUT2D eigenvalue weighted by Crippen LogP contribution is 2.19. The molecular weight excluding hydrogens is 272 g/mol. The van der Waals surface area contributed by atoms with Gasteiger partial charge in [0.15, 0.2) is 0 Å². The standard InChI is InChI=1S/C18H32N4/c1-4-18(22(5-2)6-3)13-12-17(14-19)21-15-20-16-10-8-7-9-11-16/h16-18H,4-13H2,1-3H3. The summed E-state index contributed by atoms with van der Waals surface area (Å²) in [5.74, 6) is 0. The molecule has 2 atom stereocenters. The summed E-state index contributed by atoms with van der Waals surface area (Å²) < 4.78 is 0. The summed E-state index contributed by atoms with van der Waals surface area (Å²) in [6.45, 7) is 8.75. The zero-order valence-corrected chi connectivity index (χ0v) is 14.6. The van der Waals surface area contributed by atoms with Crippen LogP contribution in [-0.2, 0) is 0 Å².